The van der Waals surface area contributed by atoms with E-state index in [0.717, 1.165) is 5.56 Å². The minimum Gasteiger partial charge on any atom is -0.383 e. The molecule has 1 atom stereocenters. The van der Waals surface area contributed by atoms with Gasteiger partial charge in [0.1, 0.15) is 16.9 Å². The molecule has 24 heavy (non-hydrogen) atoms. The second kappa shape index (κ2) is 7.28. The highest BCUT2D eigenvalue weighted by atomic mass is 32.2. The van der Waals surface area contributed by atoms with Crippen molar-refractivity contribution in [3.63, 3.8) is 0 Å². The number of thiazole rings is 1. The molecule has 0 aliphatic carbocycles. The molecule has 1 aromatic carbocycles. The number of amides is 1. The molecule has 2 aromatic heterocycles. The quantitative estimate of drug-likeness (QED) is 0.473. The molecule has 3 aromatic rings. The average Bonchev–Trinajstić information content (AvgIpc) is 3.05. The standard InChI is InChI=1S/C15H14N6OS2/c16-10-8-11(17)20-15(19-10)24-12(9-4-2-1-3-5-9)13(22)21-14-18-6-7-23-14/h1-8,12H,(H,18,21,22)(H4,16,17,19,20)/t12-/m1/s1. The fraction of sp³-hybridized carbons (Fsp3) is 0.0667. The van der Waals surface area contributed by atoms with Gasteiger partial charge in [-0.1, -0.05) is 42.1 Å². The Morgan fingerprint density at radius 1 is 1.17 bits per heavy atom. The van der Waals surface area contributed by atoms with Crippen molar-refractivity contribution >= 4 is 45.8 Å². The van der Waals surface area contributed by atoms with E-state index in [0.29, 0.717) is 10.3 Å². The highest BCUT2D eigenvalue weighted by Gasteiger charge is 2.24. The van der Waals surface area contributed by atoms with Crippen LogP contribution in [-0.2, 0) is 4.79 Å². The molecule has 5 N–H and O–H groups in total. The first-order chi connectivity index (χ1) is 11.6. The van der Waals surface area contributed by atoms with E-state index in [1.165, 1.54) is 29.2 Å². The monoisotopic (exact) mass is 358 g/mol. The number of rotatable bonds is 5. The summed E-state index contributed by atoms with van der Waals surface area (Å²) in [4.78, 5) is 25.0. The van der Waals surface area contributed by atoms with Gasteiger partial charge in [-0.25, -0.2) is 15.0 Å². The Morgan fingerprint density at radius 3 is 2.50 bits per heavy atom. The summed E-state index contributed by atoms with van der Waals surface area (Å²) in [5.74, 6) is 0.306. The molecule has 1 amide bonds. The number of hydrogen-bond donors (Lipinski definition) is 3. The zero-order valence-electron chi connectivity index (χ0n) is 12.4. The number of aromatic nitrogens is 3. The second-order valence-corrected chi connectivity index (χ2v) is 6.70. The number of thioether (sulfide) groups is 1. The van der Waals surface area contributed by atoms with Crippen LogP contribution in [0.3, 0.4) is 0 Å². The Hall–Kier alpha value is -2.65. The Balaban J connectivity index is 1.88. The van der Waals surface area contributed by atoms with Crippen molar-refractivity contribution < 1.29 is 4.79 Å². The normalized spacial score (nSPS) is 11.8. The van der Waals surface area contributed by atoms with E-state index in [-0.39, 0.29) is 17.5 Å². The van der Waals surface area contributed by atoms with E-state index in [4.69, 9.17) is 11.5 Å². The van der Waals surface area contributed by atoms with Gasteiger partial charge < -0.3 is 16.8 Å². The maximum absolute atomic E-state index is 12.7. The molecule has 122 valence electrons. The van der Waals surface area contributed by atoms with Crippen molar-refractivity contribution in [1.29, 1.82) is 0 Å². The number of nitrogens with two attached hydrogens (primary N) is 2. The molecule has 0 saturated heterocycles. The molecule has 0 bridgehead atoms. The molecule has 2 heterocycles. The zero-order chi connectivity index (χ0) is 16.9. The minimum absolute atomic E-state index is 0.217. The molecule has 3 rings (SSSR count). The predicted octanol–water partition coefficient (Wildman–Crippen LogP) is 2.57. The number of carbonyl (C=O) groups is 1. The first-order valence-corrected chi connectivity index (χ1v) is 8.70. The number of nitrogens with zero attached hydrogens (tertiary/aromatic N) is 3. The van der Waals surface area contributed by atoms with Crippen LogP contribution in [0.1, 0.15) is 10.8 Å². The summed E-state index contributed by atoms with van der Waals surface area (Å²) in [5.41, 5.74) is 12.2. The highest BCUT2D eigenvalue weighted by Crippen LogP contribution is 2.35. The molecule has 0 saturated carbocycles. The average molecular weight is 358 g/mol. The van der Waals surface area contributed by atoms with Crippen molar-refractivity contribution in [2.24, 2.45) is 0 Å². The third-order valence-electron chi connectivity index (χ3n) is 2.97. The number of hydrogen-bond acceptors (Lipinski definition) is 8. The first kappa shape index (κ1) is 16.2. The van der Waals surface area contributed by atoms with Crippen LogP contribution in [0, 0.1) is 0 Å². The smallest absolute Gasteiger partial charge is 0.244 e. The minimum atomic E-state index is -0.559. The topological polar surface area (TPSA) is 120 Å². The van der Waals surface area contributed by atoms with Gasteiger partial charge in [-0.2, -0.15) is 0 Å². The lowest BCUT2D eigenvalue weighted by Crippen LogP contribution is -2.19. The van der Waals surface area contributed by atoms with Gasteiger partial charge in [0.25, 0.3) is 0 Å². The molecule has 0 aliphatic heterocycles. The van der Waals surface area contributed by atoms with Crippen molar-refractivity contribution in [2.75, 3.05) is 16.8 Å². The first-order valence-electron chi connectivity index (χ1n) is 6.94. The zero-order valence-corrected chi connectivity index (χ0v) is 14.1. The lowest BCUT2D eigenvalue weighted by Gasteiger charge is -2.15. The van der Waals surface area contributed by atoms with Crippen LogP contribution in [0.15, 0.2) is 53.1 Å². The molecule has 0 radical (unpaired) electrons. The van der Waals surface area contributed by atoms with Crippen LogP contribution >= 0.6 is 23.1 Å². The van der Waals surface area contributed by atoms with E-state index >= 15 is 0 Å². The molecule has 9 heteroatoms. The van der Waals surface area contributed by atoms with Crippen LogP contribution in [0.5, 0.6) is 0 Å². The number of benzene rings is 1. The maximum Gasteiger partial charge on any atom is 0.244 e. The summed E-state index contributed by atoms with van der Waals surface area (Å²) in [7, 11) is 0. The van der Waals surface area contributed by atoms with E-state index in [9.17, 15) is 4.79 Å². The lowest BCUT2D eigenvalue weighted by molar-refractivity contribution is -0.115. The Labute approximate surface area is 146 Å². The van der Waals surface area contributed by atoms with Crippen LogP contribution in [0.25, 0.3) is 0 Å². The summed E-state index contributed by atoms with van der Waals surface area (Å²) in [6, 6.07) is 10.8. The second-order valence-electron chi connectivity index (χ2n) is 4.74. The molecule has 7 nitrogen and oxygen atoms in total. The summed E-state index contributed by atoms with van der Waals surface area (Å²) >= 11 is 2.53. The summed E-state index contributed by atoms with van der Waals surface area (Å²) in [6.45, 7) is 0. The Kier molecular flexibility index (Phi) is 4.92. The molecule has 0 fully saturated rings. The van der Waals surface area contributed by atoms with Gasteiger partial charge in [-0.3, -0.25) is 4.79 Å². The number of carbonyl (C=O) groups excluding carboxylic acids is 1. The fourth-order valence-corrected chi connectivity index (χ4v) is 3.50. The number of nitrogen functional groups attached to an aromatic ring is 2. The predicted molar refractivity (Wildman–Crippen MR) is 96.6 cm³/mol. The van der Waals surface area contributed by atoms with Crippen LogP contribution in [0.2, 0.25) is 0 Å². The fourth-order valence-electron chi connectivity index (χ4n) is 1.98. The summed E-state index contributed by atoms with van der Waals surface area (Å²) < 4.78 is 0. The van der Waals surface area contributed by atoms with Gasteiger partial charge in [0.15, 0.2) is 10.3 Å². The highest BCUT2D eigenvalue weighted by molar-refractivity contribution is 8.00. The van der Waals surface area contributed by atoms with Crippen molar-refractivity contribution in [1.82, 2.24) is 15.0 Å². The van der Waals surface area contributed by atoms with E-state index in [1.807, 2.05) is 30.3 Å². The van der Waals surface area contributed by atoms with Crippen molar-refractivity contribution in [3.8, 4) is 0 Å². The van der Waals surface area contributed by atoms with Crippen LogP contribution in [0.4, 0.5) is 16.8 Å². The van der Waals surface area contributed by atoms with Gasteiger partial charge in [-0.05, 0) is 5.56 Å². The van der Waals surface area contributed by atoms with Gasteiger partial charge in [0.05, 0.1) is 0 Å². The third kappa shape index (κ3) is 4.00. The van der Waals surface area contributed by atoms with Crippen molar-refractivity contribution in [2.45, 2.75) is 10.4 Å². The van der Waals surface area contributed by atoms with E-state index in [2.05, 4.69) is 20.3 Å². The van der Waals surface area contributed by atoms with Crippen molar-refractivity contribution in [3.05, 3.63) is 53.5 Å². The summed E-state index contributed by atoms with van der Waals surface area (Å²) in [5, 5.41) is 4.91. The van der Waals surface area contributed by atoms with Gasteiger partial charge >= 0.3 is 0 Å². The van der Waals surface area contributed by atoms with Gasteiger partial charge in [-0.15, -0.1) is 11.3 Å². The van der Waals surface area contributed by atoms with Crippen LogP contribution < -0.4 is 16.8 Å². The van der Waals surface area contributed by atoms with Crippen LogP contribution in [-0.4, -0.2) is 20.9 Å². The SMILES string of the molecule is Nc1cc(N)nc(S[C@@H](C(=O)Nc2nccs2)c2ccccc2)n1. The third-order valence-corrected chi connectivity index (χ3v) is 4.78. The molecule has 0 spiro atoms. The Morgan fingerprint density at radius 2 is 1.88 bits per heavy atom. The maximum atomic E-state index is 12.7. The van der Waals surface area contributed by atoms with E-state index < -0.39 is 5.25 Å². The molecule has 0 aliphatic rings. The number of nitrogens with one attached hydrogen (secondary N) is 1. The van der Waals surface area contributed by atoms with E-state index in [1.54, 1.807) is 11.6 Å². The summed E-state index contributed by atoms with van der Waals surface area (Å²) in [6.07, 6.45) is 1.63. The Bertz CT molecular complexity index is 805. The largest absolute Gasteiger partial charge is 0.383 e. The molecular formula is C15H14N6OS2. The van der Waals surface area contributed by atoms with Gasteiger partial charge in [0.2, 0.25) is 5.91 Å². The molecule has 0 unspecified atom stereocenters. The number of anilines is 3. The van der Waals surface area contributed by atoms with Gasteiger partial charge in [0, 0.05) is 17.6 Å². The molecular weight excluding hydrogens is 344 g/mol. The lowest BCUT2D eigenvalue weighted by atomic mass is 10.1.